The zero-order valence-electron chi connectivity index (χ0n) is 18.0. The highest BCUT2D eigenvalue weighted by Crippen LogP contribution is 2.39. The molecule has 0 bridgehead atoms. The van der Waals surface area contributed by atoms with E-state index in [9.17, 15) is 0 Å². The monoisotopic (exact) mass is 372 g/mol. The van der Waals surface area contributed by atoms with Gasteiger partial charge in [-0.2, -0.15) is 0 Å². The number of allylic oxidation sites excluding steroid dienone is 1. The Hall–Kier alpha value is -2.04. The quantitative estimate of drug-likeness (QED) is 0.451. The molecule has 0 radical (unpaired) electrons. The highest BCUT2D eigenvalue weighted by atomic mass is 14.3. The van der Waals surface area contributed by atoms with E-state index in [0.29, 0.717) is 5.41 Å². The second-order valence-electron chi connectivity index (χ2n) is 9.44. The Kier molecular flexibility index (Phi) is 7.35. The fourth-order valence-corrected chi connectivity index (χ4v) is 4.34. The maximum Gasteiger partial charge on any atom is -0.0203 e. The maximum atomic E-state index is 3.90. The summed E-state index contributed by atoms with van der Waals surface area (Å²) in [6.45, 7) is 7.19. The molecule has 0 aromatic heterocycles. The first-order valence-corrected chi connectivity index (χ1v) is 11.0. The van der Waals surface area contributed by atoms with Gasteiger partial charge in [0.05, 0.1) is 0 Å². The Bertz CT molecular complexity index is 727. The lowest BCUT2D eigenvalue weighted by molar-refractivity contribution is 0.197. The van der Waals surface area contributed by atoms with E-state index in [4.69, 9.17) is 0 Å². The minimum atomic E-state index is 0.443. The van der Waals surface area contributed by atoms with Crippen LogP contribution in [0.2, 0.25) is 0 Å². The average molecular weight is 373 g/mol. The van der Waals surface area contributed by atoms with E-state index in [0.717, 1.165) is 31.6 Å². The van der Waals surface area contributed by atoms with E-state index >= 15 is 0 Å². The van der Waals surface area contributed by atoms with Gasteiger partial charge in [0.2, 0.25) is 0 Å². The number of aryl methyl sites for hydroxylation is 2. The molecule has 148 valence electrons. The van der Waals surface area contributed by atoms with Gasteiger partial charge in [0.1, 0.15) is 0 Å². The van der Waals surface area contributed by atoms with Crippen LogP contribution in [-0.2, 0) is 12.8 Å². The van der Waals surface area contributed by atoms with Crippen LogP contribution in [0.3, 0.4) is 0 Å². The van der Waals surface area contributed by atoms with Gasteiger partial charge in [0.25, 0.3) is 0 Å². The molecule has 1 aliphatic carbocycles. The molecule has 0 aliphatic heterocycles. The Morgan fingerprint density at radius 1 is 0.786 bits per heavy atom. The van der Waals surface area contributed by atoms with Crippen molar-refractivity contribution < 1.29 is 0 Å². The van der Waals surface area contributed by atoms with Gasteiger partial charge < -0.3 is 0 Å². The summed E-state index contributed by atoms with van der Waals surface area (Å²) in [6.07, 6.45) is 9.63. The minimum absolute atomic E-state index is 0.443. The summed E-state index contributed by atoms with van der Waals surface area (Å²) in [5, 5.41) is 0. The van der Waals surface area contributed by atoms with Crippen molar-refractivity contribution in [2.24, 2.45) is 11.3 Å². The van der Waals surface area contributed by atoms with Gasteiger partial charge in [-0.25, -0.2) is 0 Å². The standard InChI is InChI=1S/C28H36/c1-28(2,3)27-20-18-26(19-21-27)22-25(16-14-23-10-6-4-7-11-23)17-15-24-12-8-5-9-13-24/h4-13,27H,14-21H2,1-3H3. The third-order valence-electron chi connectivity index (χ3n) is 6.28. The van der Waals surface area contributed by atoms with Crippen molar-refractivity contribution in [3.05, 3.63) is 88.7 Å². The molecule has 0 atom stereocenters. The van der Waals surface area contributed by atoms with Crippen LogP contribution >= 0.6 is 0 Å². The van der Waals surface area contributed by atoms with Crippen LogP contribution in [-0.4, -0.2) is 0 Å². The second-order valence-corrected chi connectivity index (χ2v) is 9.44. The molecule has 0 amide bonds. The summed E-state index contributed by atoms with van der Waals surface area (Å²) < 4.78 is 0. The predicted octanol–water partition coefficient (Wildman–Crippen LogP) is 7.94. The van der Waals surface area contributed by atoms with Gasteiger partial charge in [0.15, 0.2) is 0 Å². The van der Waals surface area contributed by atoms with Crippen molar-refractivity contribution in [2.75, 3.05) is 0 Å². The van der Waals surface area contributed by atoms with Crippen molar-refractivity contribution >= 4 is 0 Å². The smallest absolute Gasteiger partial charge is 0.0203 e. The first-order valence-electron chi connectivity index (χ1n) is 11.0. The largest absolute Gasteiger partial charge is 0.123 e. The fourth-order valence-electron chi connectivity index (χ4n) is 4.34. The molecule has 28 heavy (non-hydrogen) atoms. The lowest BCUT2D eigenvalue weighted by Crippen LogP contribution is -2.23. The Morgan fingerprint density at radius 3 is 1.68 bits per heavy atom. The summed E-state index contributed by atoms with van der Waals surface area (Å²) in [5.74, 6) is 0.857. The third-order valence-corrected chi connectivity index (χ3v) is 6.28. The van der Waals surface area contributed by atoms with Crippen molar-refractivity contribution in [3.63, 3.8) is 0 Å². The fraction of sp³-hybridized carbons (Fsp3) is 0.464. The zero-order valence-corrected chi connectivity index (χ0v) is 18.0. The third kappa shape index (κ3) is 6.54. The van der Waals surface area contributed by atoms with Crippen molar-refractivity contribution in [2.45, 2.75) is 72.1 Å². The van der Waals surface area contributed by atoms with Gasteiger partial charge in [-0.3, -0.25) is 0 Å². The first kappa shape index (κ1) is 20.7. The van der Waals surface area contributed by atoms with Gasteiger partial charge in [0, 0.05) is 0 Å². The summed E-state index contributed by atoms with van der Waals surface area (Å²) in [7, 11) is 0. The zero-order chi connectivity index (χ0) is 19.8. The average Bonchev–Trinajstić information content (AvgIpc) is 2.71. The SMILES string of the molecule is CC(C)(C)C1CCC(=C=C(CCc2ccccc2)CCc2ccccc2)CC1. The summed E-state index contributed by atoms with van der Waals surface area (Å²) in [5.41, 5.74) is 10.3. The van der Waals surface area contributed by atoms with Crippen molar-refractivity contribution in [1.29, 1.82) is 0 Å². The van der Waals surface area contributed by atoms with Crippen LogP contribution in [0.25, 0.3) is 0 Å². The Morgan fingerprint density at radius 2 is 1.25 bits per heavy atom. The normalized spacial score (nSPS) is 17.2. The topological polar surface area (TPSA) is 0 Å². The van der Waals surface area contributed by atoms with Crippen LogP contribution in [0.1, 0.15) is 70.4 Å². The van der Waals surface area contributed by atoms with E-state index in [-0.39, 0.29) is 0 Å². The van der Waals surface area contributed by atoms with E-state index in [1.165, 1.54) is 42.4 Å². The Balaban J connectivity index is 1.70. The molecule has 2 aromatic carbocycles. The molecule has 1 saturated carbocycles. The summed E-state index contributed by atoms with van der Waals surface area (Å²) in [4.78, 5) is 0. The lowest BCUT2D eigenvalue weighted by atomic mass is 9.71. The molecule has 0 spiro atoms. The highest BCUT2D eigenvalue weighted by molar-refractivity contribution is 5.21. The van der Waals surface area contributed by atoms with E-state index in [1.807, 2.05) is 0 Å². The van der Waals surface area contributed by atoms with Crippen LogP contribution < -0.4 is 0 Å². The van der Waals surface area contributed by atoms with Gasteiger partial charge in [-0.1, -0.05) is 81.4 Å². The summed E-state index contributed by atoms with van der Waals surface area (Å²) in [6, 6.07) is 21.8. The lowest BCUT2D eigenvalue weighted by Gasteiger charge is -2.34. The number of hydrogen-bond acceptors (Lipinski definition) is 0. The number of benzene rings is 2. The van der Waals surface area contributed by atoms with E-state index in [1.54, 1.807) is 5.57 Å². The van der Waals surface area contributed by atoms with Crippen LogP contribution in [0.5, 0.6) is 0 Å². The molecule has 2 aromatic rings. The second kappa shape index (κ2) is 9.94. The molecule has 0 heterocycles. The van der Waals surface area contributed by atoms with E-state index < -0.39 is 0 Å². The highest BCUT2D eigenvalue weighted by Gasteiger charge is 2.27. The summed E-state index contributed by atoms with van der Waals surface area (Å²) >= 11 is 0. The van der Waals surface area contributed by atoms with E-state index in [2.05, 4.69) is 87.2 Å². The van der Waals surface area contributed by atoms with Gasteiger partial charge >= 0.3 is 0 Å². The molecule has 0 saturated heterocycles. The number of hydrogen-bond donors (Lipinski definition) is 0. The van der Waals surface area contributed by atoms with Crippen LogP contribution in [0, 0.1) is 11.3 Å². The number of rotatable bonds is 6. The van der Waals surface area contributed by atoms with Gasteiger partial charge in [-0.15, -0.1) is 5.73 Å². The van der Waals surface area contributed by atoms with Crippen molar-refractivity contribution in [1.82, 2.24) is 0 Å². The predicted molar refractivity (Wildman–Crippen MR) is 121 cm³/mol. The molecule has 0 heteroatoms. The molecule has 0 N–H and O–H groups in total. The van der Waals surface area contributed by atoms with Crippen LogP contribution in [0.4, 0.5) is 0 Å². The Labute approximate surface area is 172 Å². The molecule has 3 rings (SSSR count). The molecular weight excluding hydrogens is 336 g/mol. The molecule has 0 unspecified atom stereocenters. The molecular formula is C28H36. The maximum absolute atomic E-state index is 3.90. The molecule has 0 nitrogen and oxygen atoms in total. The molecule has 1 aliphatic rings. The first-order chi connectivity index (χ1) is 13.5. The van der Waals surface area contributed by atoms with Gasteiger partial charge in [-0.05, 0) is 85.0 Å². The minimum Gasteiger partial charge on any atom is -0.123 e. The van der Waals surface area contributed by atoms with Crippen LogP contribution in [0.15, 0.2) is 77.5 Å². The van der Waals surface area contributed by atoms with Crippen molar-refractivity contribution in [3.8, 4) is 0 Å². The molecule has 1 fully saturated rings.